The van der Waals surface area contributed by atoms with Gasteiger partial charge in [-0.1, -0.05) is 0 Å². The van der Waals surface area contributed by atoms with Crippen LogP contribution in [0.5, 0.6) is 0 Å². The minimum Gasteiger partial charge on any atom is -0.294 e. The molecule has 2 aromatic heterocycles. The van der Waals surface area contributed by atoms with Gasteiger partial charge in [0, 0.05) is 55.9 Å². The first-order valence-electron chi connectivity index (χ1n) is 6.97. The number of aryl methyl sites for hydroxylation is 1. The van der Waals surface area contributed by atoms with Gasteiger partial charge in [0.05, 0.1) is 5.56 Å². The normalized spacial score (nSPS) is 15.6. The summed E-state index contributed by atoms with van der Waals surface area (Å²) in [6, 6.07) is 1.03. The summed E-state index contributed by atoms with van der Waals surface area (Å²) in [6.07, 6.45) is 0.600. The second-order valence-electron chi connectivity index (χ2n) is 5.38. The van der Waals surface area contributed by atoms with Gasteiger partial charge in [-0.25, -0.2) is 9.97 Å². The van der Waals surface area contributed by atoms with Gasteiger partial charge in [-0.3, -0.25) is 9.88 Å². The molecular formula is C15H15F3N4. The summed E-state index contributed by atoms with van der Waals surface area (Å²) >= 11 is 0. The van der Waals surface area contributed by atoms with Crippen molar-refractivity contribution in [2.24, 2.45) is 0 Å². The van der Waals surface area contributed by atoms with Crippen LogP contribution in [0.1, 0.15) is 28.2 Å². The molecule has 0 spiro atoms. The molecule has 1 aliphatic heterocycles. The Balaban J connectivity index is 1.80. The van der Waals surface area contributed by atoms with E-state index < -0.39 is 11.7 Å². The lowest BCUT2D eigenvalue weighted by atomic mass is 10.0. The fraction of sp³-hybridized carbons (Fsp3) is 0.400. The van der Waals surface area contributed by atoms with Crippen LogP contribution in [0.15, 0.2) is 24.7 Å². The van der Waals surface area contributed by atoms with E-state index in [9.17, 15) is 13.2 Å². The van der Waals surface area contributed by atoms with Gasteiger partial charge >= 0.3 is 6.18 Å². The molecule has 116 valence electrons. The smallest absolute Gasteiger partial charge is 0.294 e. The van der Waals surface area contributed by atoms with Crippen molar-refractivity contribution < 1.29 is 13.2 Å². The number of pyridine rings is 1. The van der Waals surface area contributed by atoms with E-state index in [0.717, 1.165) is 29.6 Å². The average Bonchev–Trinajstić information content (AvgIpc) is 2.47. The predicted molar refractivity (Wildman–Crippen MR) is 73.8 cm³/mol. The third kappa shape index (κ3) is 3.09. The summed E-state index contributed by atoms with van der Waals surface area (Å²) < 4.78 is 39.1. The summed E-state index contributed by atoms with van der Waals surface area (Å²) in [6.45, 7) is 3.28. The zero-order valence-electron chi connectivity index (χ0n) is 12.1. The van der Waals surface area contributed by atoms with Crippen LogP contribution in [0, 0.1) is 6.92 Å². The maximum Gasteiger partial charge on any atom is 0.416 e. The number of alkyl halides is 3. The molecule has 3 rings (SSSR count). The van der Waals surface area contributed by atoms with Crippen molar-refractivity contribution in [2.75, 3.05) is 6.54 Å². The van der Waals surface area contributed by atoms with Crippen molar-refractivity contribution in [3.8, 4) is 0 Å². The zero-order valence-corrected chi connectivity index (χ0v) is 12.1. The molecule has 0 N–H and O–H groups in total. The van der Waals surface area contributed by atoms with Crippen LogP contribution in [0.4, 0.5) is 13.2 Å². The van der Waals surface area contributed by atoms with Crippen LogP contribution in [0.2, 0.25) is 0 Å². The van der Waals surface area contributed by atoms with E-state index in [4.69, 9.17) is 0 Å². The van der Waals surface area contributed by atoms with Crippen LogP contribution >= 0.6 is 0 Å². The van der Waals surface area contributed by atoms with Gasteiger partial charge in [0.1, 0.15) is 5.82 Å². The van der Waals surface area contributed by atoms with Gasteiger partial charge in [-0.2, -0.15) is 13.2 Å². The van der Waals surface area contributed by atoms with Gasteiger partial charge < -0.3 is 0 Å². The lowest BCUT2D eigenvalue weighted by Gasteiger charge is -2.28. The molecule has 0 atom stereocenters. The molecule has 0 radical (unpaired) electrons. The SMILES string of the molecule is Cc1ncc2c(n1)CCN(Cc1cnccc1C(F)(F)F)C2. The van der Waals surface area contributed by atoms with Crippen molar-refractivity contribution >= 4 is 0 Å². The number of halogens is 3. The summed E-state index contributed by atoms with van der Waals surface area (Å²) in [5.41, 5.74) is 1.56. The fourth-order valence-electron chi connectivity index (χ4n) is 2.68. The predicted octanol–water partition coefficient (Wildman–Crippen LogP) is 2.76. The molecule has 22 heavy (non-hydrogen) atoms. The summed E-state index contributed by atoms with van der Waals surface area (Å²) in [5.74, 6) is 0.721. The number of aromatic nitrogens is 3. The maximum atomic E-state index is 13.0. The lowest BCUT2D eigenvalue weighted by Crippen LogP contribution is -2.31. The van der Waals surface area contributed by atoms with Crippen LogP contribution in [-0.4, -0.2) is 26.4 Å². The summed E-state index contributed by atoms with van der Waals surface area (Å²) in [5, 5.41) is 0. The van der Waals surface area contributed by atoms with Crippen LogP contribution < -0.4 is 0 Å². The maximum absolute atomic E-state index is 13.0. The molecule has 3 heterocycles. The topological polar surface area (TPSA) is 41.9 Å². The van der Waals surface area contributed by atoms with Gasteiger partial charge in [0.15, 0.2) is 0 Å². The molecule has 0 fully saturated rings. The molecule has 0 bridgehead atoms. The molecule has 0 saturated heterocycles. The molecule has 4 nitrogen and oxygen atoms in total. The van der Waals surface area contributed by atoms with E-state index >= 15 is 0 Å². The molecule has 0 aliphatic carbocycles. The highest BCUT2D eigenvalue weighted by Gasteiger charge is 2.33. The van der Waals surface area contributed by atoms with Crippen molar-refractivity contribution in [3.63, 3.8) is 0 Å². The van der Waals surface area contributed by atoms with E-state index in [-0.39, 0.29) is 12.1 Å². The second-order valence-corrected chi connectivity index (χ2v) is 5.38. The Morgan fingerprint density at radius 1 is 1.27 bits per heavy atom. The number of fused-ring (bicyclic) bond motifs is 1. The number of nitrogens with zero attached hydrogens (tertiary/aromatic N) is 4. The van der Waals surface area contributed by atoms with Crippen molar-refractivity contribution in [3.05, 3.63) is 52.9 Å². The highest BCUT2D eigenvalue weighted by atomic mass is 19.4. The van der Waals surface area contributed by atoms with Gasteiger partial charge in [-0.15, -0.1) is 0 Å². The minimum absolute atomic E-state index is 0.200. The van der Waals surface area contributed by atoms with Crippen LogP contribution in [0.25, 0.3) is 0 Å². The number of hydrogen-bond donors (Lipinski definition) is 0. The highest BCUT2D eigenvalue weighted by Crippen LogP contribution is 2.32. The third-order valence-electron chi connectivity index (χ3n) is 3.74. The highest BCUT2D eigenvalue weighted by molar-refractivity contribution is 5.27. The molecule has 2 aromatic rings. The number of hydrogen-bond acceptors (Lipinski definition) is 4. The van der Waals surface area contributed by atoms with E-state index in [2.05, 4.69) is 15.0 Å². The van der Waals surface area contributed by atoms with Crippen LogP contribution in [0.3, 0.4) is 0 Å². The first-order valence-corrected chi connectivity index (χ1v) is 6.97. The van der Waals surface area contributed by atoms with E-state index in [1.807, 2.05) is 11.8 Å². The van der Waals surface area contributed by atoms with Crippen molar-refractivity contribution in [1.82, 2.24) is 19.9 Å². The lowest BCUT2D eigenvalue weighted by molar-refractivity contribution is -0.138. The Morgan fingerprint density at radius 2 is 2.09 bits per heavy atom. The van der Waals surface area contributed by atoms with E-state index in [1.54, 1.807) is 6.20 Å². The average molecular weight is 308 g/mol. The minimum atomic E-state index is -4.35. The van der Waals surface area contributed by atoms with E-state index in [0.29, 0.717) is 13.1 Å². The van der Waals surface area contributed by atoms with E-state index in [1.165, 1.54) is 12.4 Å². The Labute approximate surface area is 126 Å². The van der Waals surface area contributed by atoms with Gasteiger partial charge in [0.2, 0.25) is 0 Å². The Kier molecular flexibility index (Phi) is 3.82. The summed E-state index contributed by atoms with van der Waals surface area (Å²) in [7, 11) is 0. The van der Waals surface area contributed by atoms with Crippen LogP contribution in [-0.2, 0) is 25.7 Å². The monoisotopic (exact) mass is 308 g/mol. The Morgan fingerprint density at radius 3 is 2.86 bits per heavy atom. The van der Waals surface area contributed by atoms with Gasteiger partial charge in [-0.05, 0) is 18.6 Å². The number of rotatable bonds is 2. The molecule has 0 saturated carbocycles. The summed E-state index contributed by atoms with van der Waals surface area (Å²) in [4.78, 5) is 14.3. The molecule has 7 heteroatoms. The Bertz CT molecular complexity index is 685. The first kappa shape index (κ1) is 14.9. The van der Waals surface area contributed by atoms with Gasteiger partial charge in [0.25, 0.3) is 0 Å². The zero-order chi connectivity index (χ0) is 15.7. The van der Waals surface area contributed by atoms with Crippen molar-refractivity contribution in [2.45, 2.75) is 32.6 Å². The molecular weight excluding hydrogens is 293 g/mol. The van der Waals surface area contributed by atoms with Crippen molar-refractivity contribution in [1.29, 1.82) is 0 Å². The standard InChI is InChI=1S/C15H15F3N4/c1-10-20-7-12-9-22(5-3-14(12)21-10)8-11-6-19-4-2-13(11)15(16,17)18/h2,4,6-7H,3,5,8-9H2,1H3. The third-order valence-corrected chi connectivity index (χ3v) is 3.74. The first-order chi connectivity index (χ1) is 10.4. The quantitative estimate of drug-likeness (QED) is 0.855. The largest absolute Gasteiger partial charge is 0.416 e. The second kappa shape index (κ2) is 5.64. The molecule has 1 aliphatic rings. The molecule has 0 unspecified atom stereocenters. The molecule has 0 amide bonds. The molecule has 0 aromatic carbocycles. The fourth-order valence-corrected chi connectivity index (χ4v) is 2.68. The Hall–Kier alpha value is -2.02.